The normalized spacial score (nSPS) is 11.3. The smallest absolute Gasteiger partial charge is 0.194 e. The van der Waals surface area contributed by atoms with Crippen LogP contribution in [-0.4, -0.2) is 41.7 Å². The van der Waals surface area contributed by atoms with E-state index >= 15 is 0 Å². The molecule has 2 aromatic carbocycles. The number of fused-ring (bicyclic) bond motifs is 3. The molecule has 0 atom stereocenters. The molecule has 0 aliphatic rings. The molecule has 0 bridgehead atoms. The van der Waals surface area contributed by atoms with Gasteiger partial charge in [0, 0.05) is 10.6 Å². The lowest BCUT2D eigenvalue weighted by molar-refractivity contribution is 0.415. The second-order valence-electron chi connectivity index (χ2n) is 5.84. The van der Waals surface area contributed by atoms with Crippen LogP contribution >= 0.6 is 11.6 Å². The van der Waals surface area contributed by atoms with Crippen LogP contribution in [-0.2, 0) is 0 Å². The molecule has 27 heavy (non-hydrogen) atoms. The van der Waals surface area contributed by atoms with E-state index in [0.29, 0.717) is 27.7 Å². The van der Waals surface area contributed by atoms with Crippen molar-refractivity contribution in [3.63, 3.8) is 0 Å². The number of hydrogen-bond acceptors (Lipinski definition) is 6. The number of aromatic nitrogens is 7. The first-order valence-corrected chi connectivity index (χ1v) is 8.48. The van der Waals surface area contributed by atoms with Gasteiger partial charge >= 0.3 is 0 Å². The van der Waals surface area contributed by atoms with Gasteiger partial charge in [-0.05, 0) is 48.5 Å². The van der Waals surface area contributed by atoms with E-state index in [9.17, 15) is 0 Å². The minimum atomic E-state index is 0.569. The minimum Gasteiger partial charge on any atom is -0.497 e. The molecule has 0 unspecified atom stereocenters. The van der Waals surface area contributed by atoms with Crippen LogP contribution in [0.2, 0.25) is 5.02 Å². The summed E-state index contributed by atoms with van der Waals surface area (Å²) in [6.07, 6.45) is 1.67. The molecule has 3 aromatic heterocycles. The molecule has 0 amide bonds. The van der Waals surface area contributed by atoms with Crippen molar-refractivity contribution >= 4 is 28.4 Å². The van der Waals surface area contributed by atoms with Crippen molar-refractivity contribution in [2.75, 3.05) is 7.11 Å². The average molecular weight is 378 g/mol. The molecule has 132 valence electrons. The van der Waals surface area contributed by atoms with Crippen LogP contribution in [0.1, 0.15) is 0 Å². The number of benzene rings is 2. The molecule has 9 heteroatoms. The lowest BCUT2D eigenvalue weighted by Crippen LogP contribution is -1.99. The van der Waals surface area contributed by atoms with Crippen molar-refractivity contribution in [1.29, 1.82) is 0 Å². The van der Waals surface area contributed by atoms with Gasteiger partial charge in [-0.3, -0.25) is 4.40 Å². The van der Waals surface area contributed by atoms with Gasteiger partial charge in [0.2, 0.25) is 0 Å². The second kappa shape index (κ2) is 6.03. The predicted molar refractivity (Wildman–Crippen MR) is 100 cm³/mol. The number of halogens is 1. The minimum absolute atomic E-state index is 0.569. The predicted octanol–water partition coefficient (Wildman–Crippen LogP) is 3.19. The maximum Gasteiger partial charge on any atom is 0.194 e. The van der Waals surface area contributed by atoms with Gasteiger partial charge in [-0.1, -0.05) is 16.8 Å². The quantitative estimate of drug-likeness (QED) is 0.480. The Morgan fingerprint density at radius 1 is 0.889 bits per heavy atom. The Bertz CT molecular complexity index is 1260. The number of hydrogen-bond donors (Lipinski definition) is 0. The molecule has 0 saturated carbocycles. The summed E-state index contributed by atoms with van der Waals surface area (Å²) in [6.45, 7) is 0. The van der Waals surface area contributed by atoms with Gasteiger partial charge in [0.1, 0.15) is 12.1 Å². The van der Waals surface area contributed by atoms with Crippen molar-refractivity contribution in [3.05, 3.63) is 59.9 Å². The van der Waals surface area contributed by atoms with E-state index in [2.05, 4.69) is 25.5 Å². The molecular weight excluding hydrogens is 366 g/mol. The molecule has 5 aromatic rings. The Kier molecular flexibility index (Phi) is 3.51. The third-order valence-electron chi connectivity index (χ3n) is 4.27. The summed E-state index contributed by atoms with van der Waals surface area (Å²) >= 11 is 5.96. The third kappa shape index (κ3) is 2.49. The average Bonchev–Trinajstić information content (AvgIpc) is 3.32. The highest BCUT2D eigenvalue weighted by Gasteiger charge is 2.16. The van der Waals surface area contributed by atoms with Crippen molar-refractivity contribution in [2.45, 2.75) is 0 Å². The Morgan fingerprint density at radius 2 is 1.67 bits per heavy atom. The monoisotopic (exact) mass is 377 g/mol. The molecule has 0 aliphatic carbocycles. The van der Waals surface area contributed by atoms with Crippen LogP contribution in [0, 0.1) is 0 Å². The summed E-state index contributed by atoms with van der Waals surface area (Å²) in [5.41, 5.74) is 3.47. The fourth-order valence-electron chi connectivity index (χ4n) is 2.91. The van der Waals surface area contributed by atoms with E-state index in [1.807, 2.05) is 36.4 Å². The molecule has 3 heterocycles. The molecule has 0 fully saturated rings. The number of ether oxygens (including phenoxy) is 1. The third-order valence-corrected chi connectivity index (χ3v) is 4.52. The summed E-state index contributed by atoms with van der Waals surface area (Å²) in [4.78, 5) is 4.52. The molecule has 8 nitrogen and oxygen atoms in total. The van der Waals surface area contributed by atoms with Gasteiger partial charge in [-0.15, -0.1) is 15.3 Å². The van der Waals surface area contributed by atoms with Crippen molar-refractivity contribution in [2.24, 2.45) is 0 Å². The molecule has 0 saturated heterocycles. The number of rotatable bonds is 3. The van der Waals surface area contributed by atoms with Crippen LogP contribution in [0.5, 0.6) is 5.75 Å². The maximum absolute atomic E-state index is 5.96. The summed E-state index contributed by atoms with van der Waals surface area (Å²) in [5.74, 6) is 1.45. The molecular formula is C18H12ClN7O. The highest BCUT2D eigenvalue weighted by molar-refractivity contribution is 6.30. The zero-order chi connectivity index (χ0) is 18.4. The Morgan fingerprint density at radius 3 is 2.41 bits per heavy atom. The molecule has 0 radical (unpaired) electrons. The van der Waals surface area contributed by atoms with E-state index in [1.54, 1.807) is 34.7 Å². The molecule has 0 aliphatic heterocycles. The van der Waals surface area contributed by atoms with Gasteiger partial charge in [0.05, 0.1) is 12.8 Å². The van der Waals surface area contributed by atoms with Crippen molar-refractivity contribution in [3.8, 4) is 22.8 Å². The summed E-state index contributed by atoms with van der Waals surface area (Å²) in [7, 11) is 1.63. The summed E-state index contributed by atoms with van der Waals surface area (Å²) in [6, 6.07) is 14.9. The first-order valence-electron chi connectivity index (χ1n) is 8.10. The van der Waals surface area contributed by atoms with Gasteiger partial charge in [-0.25, -0.2) is 4.98 Å². The van der Waals surface area contributed by atoms with Gasteiger partial charge < -0.3 is 4.74 Å². The molecule has 0 N–H and O–H groups in total. The van der Waals surface area contributed by atoms with E-state index in [-0.39, 0.29) is 0 Å². The van der Waals surface area contributed by atoms with Crippen molar-refractivity contribution in [1.82, 2.24) is 34.6 Å². The zero-order valence-corrected chi connectivity index (χ0v) is 14.9. The highest BCUT2D eigenvalue weighted by atomic mass is 35.5. The molecule has 5 rings (SSSR count). The maximum atomic E-state index is 5.96. The first kappa shape index (κ1) is 15.7. The van der Waals surface area contributed by atoms with Gasteiger partial charge in [-0.2, -0.15) is 4.68 Å². The Hall–Kier alpha value is -3.52. The SMILES string of the molecule is COc1ccc(-c2nnc3c4nnn(-c5ccc(Cl)cc5)c4ncn23)cc1. The number of nitrogens with zero attached hydrogens (tertiary/aromatic N) is 7. The standard InChI is InChI=1S/C18H12ClN7O/c1-27-14-8-2-11(3-9-14)16-22-23-18-15-17(20-10-25(16)18)26(24-21-15)13-6-4-12(19)5-7-13/h2-10H,1H3. The summed E-state index contributed by atoms with van der Waals surface area (Å²) in [5, 5.41) is 17.7. The largest absolute Gasteiger partial charge is 0.497 e. The van der Waals surface area contributed by atoms with Crippen LogP contribution in [0.15, 0.2) is 54.9 Å². The topological polar surface area (TPSA) is 83.0 Å². The van der Waals surface area contributed by atoms with E-state index < -0.39 is 0 Å². The second-order valence-corrected chi connectivity index (χ2v) is 6.28. The van der Waals surface area contributed by atoms with Crippen LogP contribution in [0.4, 0.5) is 0 Å². The molecule has 0 spiro atoms. The fraction of sp³-hybridized carbons (Fsp3) is 0.0556. The van der Waals surface area contributed by atoms with Gasteiger partial charge in [0.15, 0.2) is 22.6 Å². The highest BCUT2D eigenvalue weighted by Crippen LogP contribution is 2.24. The Balaban J connectivity index is 1.66. The van der Waals surface area contributed by atoms with Crippen LogP contribution < -0.4 is 4.74 Å². The zero-order valence-electron chi connectivity index (χ0n) is 14.1. The van der Waals surface area contributed by atoms with Crippen LogP contribution in [0.25, 0.3) is 33.9 Å². The fourth-order valence-corrected chi connectivity index (χ4v) is 3.03. The summed E-state index contributed by atoms with van der Waals surface area (Å²) < 4.78 is 8.64. The van der Waals surface area contributed by atoms with E-state index in [4.69, 9.17) is 16.3 Å². The Labute approximate surface area is 158 Å². The van der Waals surface area contributed by atoms with Crippen LogP contribution in [0.3, 0.4) is 0 Å². The lowest BCUT2D eigenvalue weighted by atomic mass is 10.2. The van der Waals surface area contributed by atoms with E-state index in [1.165, 1.54) is 0 Å². The first-order chi connectivity index (χ1) is 13.2. The number of methoxy groups -OCH3 is 1. The van der Waals surface area contributed by atoms with Gasteiger partial charge in [0.25, 0.3) is 0 Å². The van der Waals surface area contributed by atoms with E-state index in [0.717, 1.165) is 17.0 Å². The lowest BCUT2D eigenvalue weighted by Gasteiger charge is -2.03. The van der Waals surface area contributed by atoms with Crippen molar-refractivity contribution < 1.29 is 4.74 Å².